The second-order valence-electron chi connectivity index (χ2n) is 7.12. The molecule has 0 aromatic carbocycles. The molecule has 0 amide bonds. The van der Waals surface area contributed by atoms with E-state index in [1.807, 2.05) is 13.8 Å². The van der Waals surface area contributed by atoms with E-state index in [4.69, 9.17) is 9.47 Å². The van der Waals surface area contributed by atoms with E-state index in [2.05, 4.69) is 13.8 Å². The molecule has 0 bridgehead atoms. The highest BCUT2D eigenvalue weighted by Crippen LogP contribution is 2.59. The summed E-state index contributed by atoms with van der Waals surface area (Å²) in [6.07, 6.45) is 2.84. The van der Waals surface area contributed by atoms with Crippen molar-refractivity contribution in [1.29, 1.82) is 0 Å². The van der Waals surface area contributed by atoms with Crippen molar-refractivity contribution in [3.63, 3.8) is 0 Å². The highest BCUT2D eigenvalue weighted by Gasteiger charge is 2.64. The molecular formula is C17H26O4. The Morgan fingerprint density at radius 3 is 2.86 bits per heavy atom. The van der Waals surface area contributed by atoms with Crippen LogP contribution in [0.3, 0.4) is 0 Å². The minimum Gasteiger partial charge on any atom is -0.454 e. The Kier molecular flexibility index (Phi) is 3.45. The van der Waals surface area contributed by atoms with Gasteiger partial charge in [0.05, 0.1) is 11.7 Å². The van der Waals surface area contributed by atoms with Crippen LogP contribution in [0, 0.1) is 11.3 Å². The van der Waals surface area contributed by atoms with Crippen molar-refractivity contribution in [3.05, 3.63) is 11.1 Å². The predicted octanol–water partition coefficient (Wildman–Crippen LogP) is 2.59. The molecule has 118 valence electrons. The molecule has 0 saturated heterocycles. The molecule has 0 unspecified atom stereocenters. The van der Waals surface area contributed by atoms with Crippen LogP contribution < -0.4 is 0 Å². The van der Waals surface area contributed by atoms with Gasteiger partial charge < -0.3 is 14.6 Å². The summed E-state index contributed by atoms with van der Waals surface area (Å²) in [5.41, 5.74) is 0.480. The van der Waals surface area contributed by atoms with Gasteiger partial charge in [-0.15, -0.1) is 0 Å². The van der Waals surface area contributed by atoms with Gasteiger partial charge in [-0.05, 0) is 32.6 Å². The molecule has 1 aliphatic heterocycles. The SMILES string of the molecule is CCO[C@H]1C2=C(C)C(=O)O[C@@H]2C[C@@]2(O)CCC[C@H](C)[C@@]12C. The van der Waals surface area contributed by atoms with Gasteiger partial charge in [-0.25, -0.2) is 4.79 Å². The number of hydrogen-bond acceptors (Lipinski definition) is 4. The van der Waals surface area contributed by atoms with Crippen molar-refractivity contribution in [2.45, 2.75) is 71.2 Å². The summed E-state index contributed by atoms with van der Waals surface area (Å²) >= 11 is 0. The smallest absolute Gasteiger partial charge is 0.334 e. The van der Waals surface area contributed by atoms with E-state index in [-0.39, 0.29) is 23.6 Å². The van der Waals surface area contributed by atoms with Gasteiger partial charge in [0.2, 0.25) is 0 Å². The minimum atomic E-state index is -0.816. The molecule has 2 fully saturated rings. The van der Waals surface area contributed by atoms with E-state index >= 15 is 0 Å². The molecule has 0 spiro atoms. The summed E-state index contributed by atoms with van der Waals surface area (Å²) in [6.45, 7) is 8.69. The van der Waals surface area contributed by atoms with Crippen LogP contribution >= 0.6 is 0 Å². The monoisotopic (exact) mass is 294 g/mol. The van der Waals surface area contributed by atoms with E-state index in [0.29, 0.717) is 24.5 Å². The number of fused-ring (bicyclic) bond motifs is 2. The lowest BCUT2D eigenvalue weighted by molar-refractivity contribution is -0.218. The highest BCUT2D eigenvalue weighted by molar-refractivity contribution is 5.92. The largest absolute Gasteiger partial charge is 0.454 e. The molecule has 21 heavy (non-hydrogen) atoms. The summed E-state index contributed by atoms with van der Waals surface area (Å²) in [5.74, 6) is 0.1000. The molecule has 0 radical (unpaired) electrons. The Morgan fingerprint density at radius 2 is 2.19 bits per heavy atom. The topological polar surface area (TPSA) is 55.8 Å². The van der Waals surface area contributed by atoms with Crippen molar-refractivity contribution in [3.8, 4) is 0 Å². The molecule has 0 aromatic heterocycles. The lowest BCUT2D eigenvalue weighted by atomic mass is 9.50. The predicted molar refractivity (Wildman–Crippen MR) is 78.7 cm³/mol. The Hall–Kier alpha value is -0.870. The van der Waals surface area contributed by atoms with Gasteiger partial charge in [0, 0.05) is 29.6 Å². The summed E-state index contributed by atoms with van der Waals surface area (Å²) in [5, 5.41) is 11.3. The quantitative estimate of drug-likeness (QED) is 0.795. The first-order chi connectivity index (χ1) is 9.85. The number of esters is 1. The Morgan fingerprint density at radius 1 is 1.48 bits per heavy atom. The number of rotatable bonds is 2. The van der Waals surface area contributed by atoms with Crippen LogP contribution in [0.1, 0.15) is 53.4 Å². The van der Waals surface area contributed by atoms with Crippen LogP contribution in [0.25, 0.3) is 0 Å². The molecule has 4 nitrogen and oxygen atoms in total. The van der Waals surface area contributed by atoms with Crippen molar-refractivity contribution in [2.75, 3.05) is 6.61 Å². The lowest BCUT2D eigenvalue weighted by Crippen LogP contribution is -2.65. The van der Waals surface area contributed by atoms with Crippen molar-refractivity contribution < 1.29 is 19.4 Å². The van der Waals surface area contributed by atoms with Gasteiger partial charge in [0.15, 0.2) is 0 Å². The van der Waals surface area contributed by atoms with Gasteiger partial charge in [-0.2, -0.15) is 0 Å². The molecule has 1 heterocycles. The summed E-state index contributed by atoms with van der Waals surface area (Å²) in [7, 11) is 0. The van der Waals surface area contributed by atoms with Gasteiger partial charge in [0.25, 0.3) is 0 Å². The molecule has 2 saturated carbocycles. The summed E-state index contributed by atoms with van der Waals surface area (Å²) in [4.78, 5) is 12.0. The van der Waals surface area contributed by atoms with Crippen molar-refractivity contribution >= 4 is 5.97 Å². The van der Waals surface area contributed by atoms with E-state index < -0.39 is 5.60 Å². The van der Waals surface area contributed by atoms with E-state index in [1.54, 1.807) is 0 Å². The van der Waals surface area contributed by atoms with Gasteiger partial charge in [0.1, 0.15) is 6.10 Å². The Balaban J connectivity index is 2.13. The second kappa shape index (κ2) is 4.82. The second-order valence-corrected chi connectivity index (χ2v) is 7.12. The molecule has 5 atom stereocenters. The first kappa shape index (κ1) is 15.0. The standard InChI is InChI=1S/C17H26O4/c1-5-20-14-13-11(3)15(18)21-12(13)9-17(19)8-6-7-10(2)16(14,17)4/h10,12,14,19H,5-9H2,1-4H3/t10-,12+,14-,16-,17-/m0/s1. The van der Waals surface area contributed by atoms with Crippen LogP contribution in [0.4, 0.5) is 0 Å². The van der Waals surface area contributed by atoms with Gasteiger partial charge >= 0.3 is 5.97 Å². The van der Waals surface area contributed by atoms with Crippen LogP contribution in [0.15, 0.2) is 11.1 Å². The lowest BCUT2D eigenvalue weighted by Gasteiger charge is -2.59. The van der Waals surface area contributed by atoms with Crippen LogP contribution in [-0.4, -0.2) is 35.5 Å². The first-order valence-corrected chi connectivity index (χ1v) is 8.10. The fourth-order valence-corrected chi connectivity index (χ4v) is 4.77. The van der Waals surface area contributed by atoms with Crippen molar-refractivity contribution in [1.82, 2.24) is 0 Å². The Labute approximate surface area is 126 Å². The van der Waals surface area contributed by atoms with E-state index in [1.165, 1.54) is 0 Å². The third-order valence-electron chi connectivity index (χ3n) is 6.27. The molecule has 4 heteroatoms. The number of carbonyl (C=O) groups excluding carboxylic acids is 1. The fourth-order valence-electron chi connectivity index (χ4n) is 4.77. The number of aliphatic hydroxyl groups is 1. The molecule has 3 aliphatic rings. The van der Waals surface area contributed by atoms with Crippen LogP contribution in [0.2, 0.25) is 0 Å². The molecular weight excluding hydrogens is 268 g/mol. The number of carbonyl (C=O) groups is 1. The maximum Gasteiger partial charge on any atom is 0.334 e. The van der Waals surface area contributed by atoms with E-state index in [9.17, 15) is 9.90 Å². The normalized spacial score (nSPS) is 46.1. The van der Waals surface area contributed by atoms with Gasteiger partial charge in [-0.3, -0.25) is 0 Å². The zero-order valence-electron chi connectivity index (χ0n) is 13.4. The summed E-state index contributed by atoms with van der Waals surface area (Å²) < 4.78 is 11.6. The molecule has 0 aromatic rings. The first-order valence-electron chi connectivity index (χ1n) is 8.10. The average Bonchev–Trinajstić information content (AvgIpc) is 2.68. The zero-order valence-corrected chi connectivity index (χ0v) is 13.4. The third kappa shape index (κ3) is 1.85. The molecule has 3 rings (SSSR count). The zero-order chi connectivity index (χ0) is 15.4. The summed E-state index contributed by atoms with van der Waals surface area (Å²) in [6, 6.07) is 0. The molecule has 2 aliphatic carbocycles. The van der Waals surface area contributed by atoms with Crippen LogP contribution in [0.5, 0.6) is 0 Å². The minimum absolute atomic E-state index is 0.229. The van der Waals surface area contributed by atoms with E-state index in [0.717, 1.165) is 24.8 Å². The molecule has 1 N–H and O–H groups in total. The van der Waals surface area contributed by atoms with Crippen LogP contribution in [-0.2, 0) is 14.3 Å². The fraction of sp³-hybridized carbons (Fsp3) is 0.824. The maximum absolute atomic E-state index is 12.0. The maximum atomic E-state index is 12.0. The third-order valence-corrected chi connectivity index (χ3v) is 6.27. The number of ether oxygens (including phenoxy) is 2. The highest BCUT2D eigenvalue weighted by atomic mass is 16.6. The average molecular weight is 294 g/mol. The van der Waals surface area contributed by atoms with Gasteiger partial charge in [-0.1, -0.05) is 20.3 Å². The number of hydrogen-bond donors (Lipinski definition) is 1. The Bertz CT molecular complexity index is 497. The van der Waals surface area contributed by atoms with Crippen molar-refractivity contribution in [2.24, 2.45) is 11.3 Å².